The summed E-state index contributed by atoms with van der Waals surface area (Å²) in [6.07, 6.45) is 4.71. The number of amides is 1. The summed E-state index contributed by atoms with van der Waals surface area (Å²) in [7, 11) is 0. The number of likely N-dealkylation sites (tertiary alicyclic amines) is 1. The molecule has 0 spiro atoms. The van der Waals surface area contributed by atoms with E-state index in [4.69, 9.17) is 0 Å². The fourth-order valence-electron chi connectivity index (χ4n) is 4.22. The summed E-state index contributed by atoms with van der Waals surface area (Å²) in [5.74, 6) is 2.66. The average Bonchev–Trinajstić information content (AvgIpc) is 3.09. The Morgan fingerprint density at radius 1 is 1.13 bits per heavy atom. The molecule has 1 saturated heterocycles. The van der Waals surface area contributed by atoms with Crippen LogP contribution in [-0.4, -0.2) is 55.6 Å². The second kappa shape index (κ2) is 5.58. The van der Waals surface area contributed by atoms with Crippen molar-refractivity contribution >= 4 is 5.91 Å². The van der Waals surface area contributed by atoms with E-state index in [0.29, 0.717) is 17.9 Å². The molecule has 6 heteroatoms. The minimum absolute atomic E-state index is 0.0258. The van der Waals surface area contributed by atoms with Crippen molar-refractivity contribution in [3.63, 3.8) is 0 Å². The molecule has 0 radical (unpaired) electrons. The molecule has 4 rings (SSSR count). The van der Waals surface area contributed by atoms with Gasteiger partial charge in [0.2, 0.25) is 5.91 Å². The molecule has 3 aliphatic rings. The van der Waals surface area contributed by atoms with Crippen molar-refractivity contribution in [1.82, 2.24) is 24.6 Å². The lowest BCUT2D eigenvalue weighted by molar-refractivity contribution is -0.139. The molecule has 126 valence electrons. The van der Waals surface area contributed by atoms with Gasteiger partial charge in [-0.15, -0.1) is 10.2 Å². The average molecular weight is 317 g/mol. The molecule has 1 amide bonds. The summed E-state index contributed by atoms with van der Waals surface area (Å²) in [6.45, 7) is 9.08. The van der Waals surface area contributed by atoms with Crippen molar-refractivity contribution < 1.29 is 4.79 Å². The molecule has 0 bridgehead atoms. The molecule has 0 N–H and O–H groups in total. The molecule has 23 heavy (non-hydrogen) atoms. The van der Waals surface area contributed by atoms with Crippen molar-refractivity contribution in [3.05, 3.63) is 11.6 Å². The third-order valence-electron chi connectivity index (χ3n) is 5.61. The Labute approximate surface area is 137 Å². The van der Waals surface area contributed by atoms with Crippen LogP contribution in [0.2, 0.25) is 0 Å². The van der Waals surface area contributed by atoms with E-state index in [2.05, 4.69) is 40.4 Å². The van der Waals surface area contributed by atoms with Crippen molar-refractivity contribution in [2.24, 2.45) is 0 Å². The van der Waals surface area contributed by atoms with Gasteiger partial charge in [-0.05, 0) is 39.2 Å². The third kappa shape index (κ3) is 2.47. The van der Waals surface area contributed by atoms with E-state index in [1.165, 1.54) is 12.8 Å². The number of aromatic nitrogens is 3. The number of hydrogen-bond acceptors (Lipinski definition) is 4. The maximum Gasteiger partial charge on any atom is 0.240 e. The van der Waals surface area contributed by atoms with Gasteiger partial charge >= 0.3 is 0 Å². The van der Waals surface area contributed by atoms with Crippen LogP contribution in [0.5, 0.6) is 0 Å². The first-order valence-electron chi connectivity index (χ1n) is 9.07. The van der Waals surface area contributed by atoms with Crippen molar-refractivity contribution in [2.45, 2.75) is 77.0 Å². The minimum atomic E-state index is 0.0258. The highest BCUT2D eigenvalue weighted by Crippen LogP contribution is 2.35. The van der Waals surface area contributed by atoms with Gasteiger partial charge in [-0.3, -0.25) is 9.69 Å². The Hall–Kier alpha value is -1.43. The molecule has 3 heterocycles. The van der Waals surface area contributed by atoms with Crippen LogP contribution in [0, 0.1) is 0 Å². The maximum absolute atomic E-state index is 13.1. The fourth-order valence-corrected chi connectivity index (χ4v) is 4.22. The zero-order valence-corrected chi connectivity index (χ0v) is 14.4. The van der Waals surface area contributed by atoms with Crippen molar-refractivity contribution in [3.8, 4) is 0 Å². The zero-order chi connectivity index (χ0) is 16.1. The Bertz CT molecular complexity index is 606. The number of rotatable bonds is 3. The van der Waals surface area contributed by atoms with E-state index >= 15 is 0 Å². The molecule has 2 aliphatic heterocycles. The van der Waals surface area contributed by atoms with Crippen LogP contribution in [0.25, 0.3) is 0 Å². The topological polar surface area (TPSA) is 54.3 Å². The number of carbonyl (C=O) groups excluding carboxylic acids is 1. The lowest BCUT2D eigenvalue weighted by Crippen LogP contribution is -2.50. The largest absolute Gasteiger partial charge is 0.330 e. The van der Waals surface area contributed by atoms with Gasteiger partial charge in [0, 0.05) is 25.0 Å². The van der Waals surface area contributed by atoms with Crippen LogP contribution in [0.3, 0.4) is 0 Å². The predicted molar refractivity (Wildman–Crippen MR) is 87.0 cm³/mol. The molecular weight excluding hydrogens is 290 g/mol. The van der Waals surface area contributed by atoms with Gasteiger partial charge < -0.3 is 9.47 Å². The highest BCUT2D eigenvalue weighted by molar-refractivity contribution is 5.82. The number of carbonyl (C=O) groups is 1. The van der Waals surface area contributed by atoms with E-state index in [9.17, 15) is 4.79 Å². The van der Waals surface area contributed by atoms with Crippen molar-refractivity contribution in [1.29, 1.82) is 0 Å². The minimum Gasteiger partial charge on any atom is -0.330 e. The SMILES string of the molecule is CC(C)c1nnc2n1CCN(C(=O)C1CCCN1C1CC1)C2C. The van der Waals surface area contributed by atoms with E-state index in [-0.39, 0.29) is 12.1 Å². The predicted octanol–water partition coefficient (Wildman–Crippen LogP) is 1.93. The van der Waals surface area contributed by atoms with Crippen LogP contribution >= 0.6 is 0 Å². The Balaban J connectivity index is 1.54. The van der Waals surface area contributed by atoms with Gasteiger partial charge in [0.15, 0.2) is 5.82 Å². The van der Waals surface area contributed by atoms with Crippen LogP contribution in [0.1, 0.15) is 70.1 Å². The van der Waals surface area contributed by atoms with Crippen LogP contribution in [-0.2, 0) is 11.3 Å². The molecule has 1 aromatic rings. The van der Waals surface area contributed by atoms with Gasteiger partial charge in [-0.1, -0.05) is 13.8 Å². The lowest BCUT2D eigenvalue weighted by Gasteiger charge is -2.37. The molecule has 1 saturated carbocycles. The van der Waals surface area contributed by atoms with Gasteiger partial charge in [0.05, 0.1) is 12.1 Å². The summed E-state index contributed by atoms with van der Waals surface area (Å²) in [6, 6.07) is 0.796. The molecule has 1 aromatic heterocycles. The molecule has 0 aromatic carbocycles. The maximum atomic E-state index is 13.1. The van der Waals surface area contributed by atoms with Crippen LogP contribution < -0.4 is 0 Å². The molecule has 6 nitrogen and oxygen atoms in total. The molecule has 1 aliphatic carbocycles. The Kier molecular flexibility index (Phi) is 3.67. The second-order valence-corrected chi connectivity index (χ2v) is 7.56. The normalized spacial score (nSPS) is 28.4. The molecule has 2 atom stereocenters. The Morgan fingerprint density at radius 2 is 1.91 bits per heavy atom. The lowest BCUT2D eigenvalue weighted by atomic mass is 10.1. The fraction of sp³-hybridized carbons (Fsp3) is 0.824. The number of hydrogen-bond donors (Lipinski definition) is 0. The van der Waals surface area contributed by atoms with Crippen molar-refractivity contribution in [2.75, 3.05) is 13.1 Å². The smallest absolute Gasteiger partial charge is 0.240 e. The van der Waals surface area contributed by atoms with Crippen LogP contribution in [0.4, 0.5) is 0 Å². The Morgan fingerprint density at radius 3 is 2.61 bits per heavy atom. The molecular formula is C17H27N5O. The van der Waals surface area contributed by atoms with Crippen LogP contribution in [0.15, 0.2) is 0 Å². The van der Waals surface area contributed by atoms with Gasteiger partial charge in [-0.25, -0.2) is 0 Å². The summed E-state index contributed by atoms with van der Waals surface area (Å²) >= 11 is 0. The first-order chi connectivity index (χ1) is 11.1. The number of fused-ring (bicyclic) bond motifs is 1. The summed E-state index contributed by atoms with van der Waals surface area (Å²) in [4.78, 5) is 17.6. The summed E-state index contributed by atoms with van der Waals surface area (Å²) in [5.41, 5.74) is 0. The highest BCUT2D eigenvalue weighted by atomic mass is 16.2. The van der Waals surface area contributed by atoms with E-state index < -0.39 is 0 Å². The highest BCUT2D eigenvalue weighted by Gasteiger charge is 2.43. The molecule has 2 unspecified atom stereocenters. The quantitative estimate of drug-likeness (QED) is 0.855. The number of nitrogens with zero attached hydrogens (tertiary/aromatic N) is 5. The van der Waals surface area contributed by atoms with E-state index in [1.807, 2.05) is 4.90 Å². The monoisotopic (exact) mass is 317 g/mol. The van der Waals surface area contributed by atoms with E-state index in [0.717, 1.165) is 44.1 Å². The zero-order valence-electron chi connectivity index (χ0n) is 14.4. The van der Waals surface area contributed by atoms with Gasteiger partial charge in [0.1, 0.15) is 5.82 Å². The second-order valence-electron chi connectivity index (χ2n) is 7.56. The first-order valence-corrected chi connectivity index (χ1v) is 9.07. The summed E-state index contributed by atoms with van der Waals surface area (Å²) in [5, 5.41) is 8.75. The molecule has 2 fully saturated rings. The third-order valence-corrected chi connectivity index (χ3v) is 5.61. The first kappa shape index (κ1) is 15.1. The van der Waals surface area contributed by atoms with Gasteiger partial charge in [0.25, 0.3) is 0 Å². The van der Waals surface area contributed by atoms with E-state index in [1.54, 1.807) is 0 Å². The van der Waals surface area contributed by atoms with Gasteiger partial charge in [-0.2, -0.15) is 0 Å². The standard InChI is InChI=1S/C17H27N5O/c1-11(2)15-18-19-16-12(3)20(9-10-22(15)16)17(23)14-5-4-8-21(14)13-6-7-13/h11-14H,4-10H2,1-3H3. The summed E-state index contributed by atoms with van der Waals surface area (Å²) < 4.78 is 2.21.